The zero-order valence-corrected chi connectivity index (χ0v) is 13.0. The molecule has 0 amide bonds. The highest BCUT2D eigenvalue weighted by Gasteiger charge is 2.33. The van der Waals surface area contributed by atoms with Crippen LogP contribution in [0, 0.1) is 0 Å². The Morgan fingerprint density at radius 1 is 1.24 bits per heavy atom. The van der Waals surface area contributed by atoms with Crippen LogP contribution in [0.3, 0.4) is 0 Å². The molecule has 0 aliphatic heterocycles. The number of hydrogen-bond acceptors (Lipinski definition) is 2. The molecule has 0 fully saturated rings. The Kier molecular flexibility index (Phi) is 3.92. The quantitative estimate of drug-likeness (QED) is 0.927. The molecule has 0 aromatic heterocycles. The molecule has 3 rings (SSSR count). The Morgan fingerprint density at radius 3 is 2.81 bits per heavy atom. The summed E-state index contributed by atoms with van der Waals surface area (Å²) in [6.45, 7) is 0. The third-order valence-corrected chi connectivity index (χ3v) is 4.75. The van der Waals surface area contributed by atoms with E-state index in [0.29, 0.717) is 0 Å². The SMILES string of the molecule is COc1ccc2c(c1)C(N)(Cc1ccccc1Cl)CCC2. The van der Waals surface area contributed by atoms with Gasteiger partial charge in [-0.2, -0.15) is 0 Å². The Labute approximate surface area is 130 Å². The maximum absolute atomic E-state index is 6.78. The minimum atomic E-state index is -0.368. The van der Waals surface area contributed by atoms with E-state index in [1.54, 1.807) is 7.11 Å². The lowest BCUT2D eigenvalue weighted by molar-refractivity contribution is 0.363. The Bertz CT molecular complexity index is 655. The number of methoxy groups -OCH3 is 1. The zero-order valence-electron chi connectivity index (χ0n) is 12.2. The Balaban J connectivity index is 2.01. The van der Waals surface area contributed by atoms with Crippen molar-refractivity contribution in [3.05, 3.63) is 64.2 Å². The largest absolute Gasteiger partial charge is 0.497 e. The van der Waals surface area contributed by atoms with Gasteiger partial charge in [0.1, 0.15) is 5.75 Å². The molecule has 0 saturated carbocycles. The lowest BCUT2D eigenvalue weighted by Gasteiger charge is -2.36. The molecule has 21 heavy (non-hydrogen) atoms. The molecule has 110 valence electrons. The topological polar surface area (TPSA) is 35.2 Å². The minimum absolute atomic E-state index is 0.368. The van der Waals surface area contributed by atoms with Crippen LogP contribution in [0.5, 0.6) is 5.75 Å². The fraction of sp³-hybridized carbons (Fsp3) is 0.333. The lowest BCUT2D eigenvalue weighted by atomic mass is 9.74. The van der Waals surface area contributed by atoms with E-state index in [-0.39, 0.29) is 5.54 Å². The summed E-state index contributed by atoms with van der Waals surface area (Å²) < 4.78 is 5.37. The molecule has 0 bridgehead atoms. The number of nitrogens with two attached hydrogens (primary N) is 1. The molecule has 1 unspecified atom stereocenters. The number of halogens is 1. The molecule has 0 radical (unpaired) electrons. The average molecular weight is 302 g/mol. The van der Waals surface area contributed by atoms with Crippen molar-refractivity contribution in [3.8, 4) is 5.75 Å². The molecule has 2 aromatic rings. The van der Waals surface area contributed by atoms with Gasteiger partial charge in [-0.1, -0.05) is 35.9 Å². The molecule has 1 aliphatic carbocycles. The van der Waals surface area contributed by atoms with Crippen LogP contribution in [0.2, 0.25) is 5.02 Å². The van der Waals surface area contributed by atoms with Crippen molar-refractivity contribution in [2.45, 2.75) is 31.2 Å². The Hall–Kier alpha value is -1.51. The van der Waals surface area contributed by atoms with Crippen LogP contribution < -0.4 is 10.5 Å². The van der Waals surface area contributed by atoms with E-state index in [9.17, 15) is 0 Å². The molecule has 2 nitrogen and oxygen atoms in total. The van der Waals surface area contributed by atoms with Crippen molar-refractivity contribution in [1.82, 2.24) is 0 Å². The highest BCUT2D eigenvalue weighted by atomic mass is 35.5. The second-order valence-electron chi connectivity index (χ2n) is 5.80. The van der Waals surface area contributed by atoms with E-state index in [4.69, 9.17) is 22.1 Å². The molecule has 1 atom stereocenters. The average Bonchev–Trinajstić information content (AvgIpc) is 2.50. The number of aryl methyl sites for hydroxylation is 1. The van der Waals surface area contributed by atoms with Crippen LogP contribution in [0.1, 0.15) is 29.5 Å². The van der Waals surface area contributed by atoms with Gasteiger partial charge in [-0.05, 0) is 60.6 Å². The van der Waals surface area contributed by atoms with Crippen LogP contribution in [0.25, 0.3) is 0 Å². The first kappa shape index (κ1) is 14.4. The second-order valence-corrected chi connectivity index (χ2v) is 6.21. The normalized spacial score (nSPS) is 20.9. The van der Waals surface area contributed by atoms with Crippen LogP contribution in [-0.4, -0.2) is 7.11 Å². The first-order valence-corrected chi connectivity index (χ1v) is 7.70. The highest BCUT2D eigenvalue weighted by Crippen LogP contribution is 2.38. The van der Waals surface area contributed by atoms with E-state index in [1.165, 1.54) is 11.1 Å². The van der Waals surface area contributed by atoms with Crippen molar-refractivity contribution in [2.24, 2.45) is 5.73 Å². The van der Waals surface area contributed by atoms with Gasteiger partial charge in [-0.3, -0.25) is 0 Å². The number of hydrogen-bond donors (Lipinski definition) is 1. The van der Waals surface area contributed by atoms with Gasteiger partial charge >= 0.3 is 0 Å². The summed E-state index contributed by atoms with van der Waals surface area (Å²) in [4.78, 5) is 0. The summed E-state index contributed by atoms with van der Waals surface area (Å²) in [6, 6.07) is 14.2. The van der Waals surface area contributed by atoms with Gasteiger partial charge in [-0.25, -0.2) is 0 Å². The summed E-state index contributed by atoms with van der Waals surface area (Å²) in [7, 11) is 1.69. The Morgan fingerprint density at radius 2 is 2.05 bits per heavy atom. The summed E-state index contributed by atoms with van der Waals surface area (Å²) in [5, 5.41) is 0.789. The van der Waals surface area contributed by atoms with Crippen molar-refractivity contribution < 1.29 is 4.74 Å². The van der Waals surface area contributed by atoms with Crippen LogP contribution >= 0.6 is 11.6 Å². The number of ether oxygens (including phenoxy) is 1. The van der Waals surface area contributed by atoms with Crippen molar-refractivity contribution >= 4 is 11.6 Å². The summed E-state index contributed by atoms with van der Waals surface area (Å²) in [5.74, 6) is 0.865. The van der Waals surface area contributed by atoms with Gasteiger partial charge in [0.2, 0.25) is 0 Å². The van der Waals surface area contributed by atoms with Gasteiger partial charge < -0.3 is 10.5 Å². The van der Waals surface area contributed by atoms with E-state index >= 15 is 0 Å². The van der Waals surface area contributed by atoms with Crippen molar-refractivity contribution in [2.75, 3.05) is 7.11 Å². The number of fused-ring (bicyclic) bond motifs is 1. The maximum atomic E-state index is 6.78. The van der Waals surface area contributed by atoms with Gasteiger partial charge in [0, 0.05) is 10.6 Å². The summed E-state index contributed by atoms with van der Waals surface area (Å²) in [6.07, 6.45) is 3.92. The predicted molar refractivity (Wildman–Crippen MR) is 87.0 cm³/mol. The minimum Gasteiger partial charge on any atom is -0.497 e. The third-order valence-electron chi connectivity index (χ3n) is 4.39. The molecule has 2 aromatic carbocycles. The van der Waals surface area contributed by atoms with Gasteiger partial charge in [0.15, 0.2) is 0 Å². The van der Waals surface area contributed by atoms with E-state index in [1.807, 2.05) is 24.3 Å². The maximum Gasteiger partial charge on any atom is 0.119 e. The van der Waals surface area contributed by atoms with E-state index in [0.717, 1.165) is 42.0 Å². The van der Waals surface area contributed by atoms with Crippen molar-refractivity contribution in [3.63, 3.8) is 0 Å². The molecule has 1 aliphatic rings. The molecule has 0 saturated heterocycles. The smallest absolute Gasteiger partial charge is 0.119 e. The highest BCUT2D eigenvalue weighted by molar-refractivity contribution is 6.31. The summed E-state index contributed by atoms with van der Waals surface area (Å²) in [5.41, 5.74) is 10.1. The van der Waals surface area contributed by atoms with Gasteiger partial charge in [0.05, 0.1) is 7.11 Å². The van der Waals surface area contributed by atoms with Crippen LogP contribution in [-0.2, 0) is 18.4 Å². The molecule has 2 N–H and O–H groups in total. The molecule has 0 heterocycles. The third kappa shape index (κ3) is 2.78. The second kappa shape index (κ2) is 5.70. The van der Waals surface area contributed by atoms with Gasteiger partial charge in [-0.15, -0.1) is 0 Å². The number of rotatable bonds is 3. The monoisotopic (exact) mass is 301 g/mol. The van der Waals surface area contributed by atoms with Gasteiger partial charge in [0.25, 0.3) is 0 Å². The first-order chi connectivity index (χ1) is 10.1. The van der Waals surface area contributed by atoms with Crippen LogP contribution in [0.15, 0.2) is 42.5 Å². The fourth-order valence-corrected chi connectivity index (χ4v) is 3.46. The fourth-order valence-electron chi connectivity index (χ4n) is 3.26. The first-order valence-electron chi connectivity index (χ1n) is 7.32. The van der Waals surface area contributed by atoms with E-state index < -0.39 is 0 Å². The van der Waals surface area contributed by atoms with Crippen LogP contribution in [0.4, 0.5) is 0 Å². The van der Waals surface area contributed by atoms with E-state index in [2.05, 4.69) is 18.2 Å². The van der Waals surface area contributed by atoms with Crippen molar-refractivity contribution in [1.29, 1.82) is 0 Å². The molecular formula is C18H20ClNO. The molecular weight excluding hydrogens is 282 g/mol. The summed E-state index contributed by atoms with van der Waals surface area (Å²) >= 11 is 6.31. The standard InChI is InChI=1S/C18H20ClNO/c1-21-15-9-8-13-6-4-10-18(20,16(13)11-15)12-14-5-2-3-7-17(14)19/h2-3,5,7-9,11H,4,6,10,12,20H2,1H3. The molecule has 3 heteroatoms. The lowest BCUT2D eigenvalue weighted by Crippen LogP contribution is -2.42. The number of benzene rings is 2. The zero-order chi connectivity index (χ0) is 14.9. The molecule has 0 spiro atoms. The predicted octanol–water partition coefficient (Wildman–Crippen LogP) is 4.08.